The molecule has 2 aromatic carbocycles. The molecule has 10 nitrogen and oxygen atoms in total. The first-order valence-corrected chi connectivity index (χ1v) is 14.9. The summed E-state index contributed by atoms with van der Waals surface area (Å²) in [5.41, 5.74) is 4.87. The van der Waals surface area contributed by atoms with Crippen molar-refractivity contribution < 1.29 is 36.6 Å². The van der Waals surface area contributed by atoms with Gasteiger partial charge in [0.25, 0.3) is 0 Å². The van der Waals surface area contributed by atoms with E-state index in [1.54, 1.807) is 0 Å². The summed E-state index contributed by atoms with van der Waals surface area (Å²) in [7, 11) is 0. The Morgan fingerprint density at radius 2 is 0.897 bits per heavy atom. The van der Waals surface area contributed by atoms with Gasteiger partial charge in [0.15, 0.2) is 0 Å². The SMILES string of the molecule is N#Cc1cc2[c-]c(c1)C1COC3=C4OCC5c6[c-]c(cc(C#N)c6)C6COC7=C8OCC2N8[C](=[Pt]=[C](N31)N45)N76. The summed E-state index contributed by atoms with van der Waals surface area (Å²) in [5, 5.41) is 19.9. The Bertz CT molecular complexity index is 1580. The van der Waals surface area contributed by atoms with Crippen molar-refractivity contribution in [3.05, 3.63) is 93.3 Å². The van der Waals surface area contributed by atoms with E-state index in [0.29, 0.717) is 61.1 Å². The van der Waals surface area contributed by atoms with Crippen LogP contribution in [-0.2, 0) is 36.6 Å². The zero-order valence-corrected chi connectivity index (χ0v) is 22.4. The first-order valence-electron chi connectivity index (χ1n) is 12.7. The van der Waals surface area contributed by atoms with E-state index in [0.717, 1.165) is 30.5 Å². The maximum atomic E-state index is 9.94. The Morgan fingerprint density at radius 1 is 0.590 bits per heavy atom. The molecule has 8 aliphatic heterocycles. The van der Waals surface area contributed by atoms with Gasteiger partial charge in [-0.3, -0.25) is 0 Å². The number of hydrogen-bond donors (Lipinski definition) is 0. The Labute approximate surface area is 230 Å². The van der Waals surface area contributed by atoms with Crippen molar-refractivity contribution in [2.75, 3.05) is 26.4 Å². The molecule has 2 aromatic rings. The van der Waals surface area contributed by atoms with Crippen LogP contribution in [0.5, 0.6) is 0 Å². The van der Waals surface area contributed by atoms with E-state index < -0.39 is 17.6 Å². The molecule has 0 aliphatic carbocycles. The molecule has 10 rings (SSSR count). The quantitative estimate of drug-likeness (QED) is 0.380. The van der Waals surface area contributed by atoms with E-state index >= 15 is 0 Å². The number of nitriles is 2. The third-order valence-corrected chi connectivity index (χ3v) is 11.6. The van der Waals surface area contributed by atoms with Crippen molar-refractivity contribution >= 4 is 8.29 Å². The molecule has 4 saturated heterocycles. The van der Waals surface area contributed by atoms with Gasteiger partial charge in [0.05, 0.1) is 0 Å². The fourth-order valence-corrected chi connectivity index (χ4v) is 10.5. The third-order valence-electron chi connectivity index (χ3n) is 8.39. The van der Waals surface area contributed by atoms with E-state index in [2.05, 4.69) is 43.9 Å². The van der Waals surface area contributed by atoms with Gasteiger partial charge >= 0.3 is 231 Å². The van der Waals surface area contributed by atoms with Crippen LogP contribution in [-0.4, -0.2) is 54.3 Å². The summed E-state index contributed by atoms with van der Waals surface area (Å²) in [5.74, 6) is 2.84. The molecule has 0 saturated carbocycles. The van der Waals surface area contributed by atoms with Crippen LogP contribution >= 0.6 is 0 Å². The average molecular weight is 696 g/mol. The van der Waals surface area contributed by atoms with Crippen molar-refractivity contribution in [3.63, 3.8) is 0 Å². The van der Waals surface area contributed by atoms with E-state index in [4.69, 9.17) is 18.9 Å². The van der Waals surface area contributed by atoms with E-state index in [9.17, 15) is 10.5 Å². The topological polar surface area (TPSA) is 97.5 Å². The second-order valence-corrected chi connectivity index (χ2v) is 13.0. The molecule has 39 heavy (non-hydrogen) atoms. The zero-order chi connectivity index (χ0) is 25.6. The molecule has 0 spiro atoms. The van der Waals surface area contributed by atoms with Crippen molar-refractivity contribution in [2.24, 2.45) is 0 Å². The number of hydrogen-bond acceptors (Lipinski definition) is 10. The first kappa shape index (κ1) is 20.7. The van der Waals surface area contributed by atoms with Crippen molar-refractivity contribution in [2.45, 2.75) is 24.2 Å². The molecule has 4 atom stereocenters. The van der Waals surface area contributed by atoms with Gasteiger partial charge in [-0.2, -0.15) is 0 Å². The number of nitrogens with zero attached hydrogens (tertiary/aromatic N) is 6. The molecule has 0 N–H and O–H groups in total. The van der Waals surface area contributed by atoms with Gasteiger partial charge in [0.2, 0.25) is 0 Å². The maximum absolute atomic E-state index is 9.94. The molecule has 0 amide bonds. The van der Waals surface area contributed by atoms with Gasteiger partial charge < -0.3 is 0 Å². The van der Waals surface area contributed by atoms with Gasteiger partial charge in [-0.25, -0.2) is 0 Å². The van der Waals surface area contributed by atoms with Gasteiger partial charge in [-0.05, 0) is 0 Å². The van der Waals surface area contributed by atoms with Crippen LogP contribution < -0.4 is 0 Å². The minimum atomic E-state index is -0.829. The summed E-state index contributed by atoms with van der Waals surface area (Å²) >= 11 is -0.829. The van der Waals surface area contributed by atoms with Crippen LogP contribution in [0.4, 0.5) is 0 Å². The monoisotopic (exact) mass is 695 g/mol. The van der Waals surface area contributed by atoms with Gasteiger partial charge in [-0.15, -0.1) is 0 Å². The summed E-state index contributed by atoms with van der Waals surface area (Å²) < 4.78 is 27.6. The minimum absolute atomic E-state index is 0.134. The summed E-state index contributed by atoms with van der Waals surface area (Å²) in [6, 6.07) is 19.2. The number of ether oxygens (including phenoxy) is 4. The Kier molecular flexibility index (Phi) is 3.62. The van der Waals surface area contributed by atoms with Crippen molar-refractivity contribution in [1.29, 1.82) is 10.5 Å². The summed E-state index contributed by atoms with van der Waals surface area (Å²) in [4.78, 5) is 9.04. The normalized spacial score (nSPS) is 29.5. The van der Waals surface area contributed by atoms with Crippen LogP contribution in [0.25, 0.3) is 0 Å². The molecular formula is C28H16N6O4Pt-2. The predicted molar refractivity (Wildman–Crippen MR) is 126 cm³/mol. The Hall–Kier alpha value is -4.27. The molecular weight excluding hydrogens is 679 g/mol. The number of benzene rings is 2. The molecule has 0 radical (unpaired) electrons. The van der Waals surface area contributed by atoms with Crippen LogP contribution in [0.15, 0.2) is 47.8 Å². The number of rotatable bonds is 0. The summed E-state index contributed by atoms with van der Waals surface area (Å²) in [6.07, 6.45) is 0. The summed E-state index contributed by atoms with van der Waals surface area (Å²) in [6.45, 7) is 1.79. The zero-order valence-electron chi connectivity index (χ0n) is 20.1. The van der Waals surface area contributed by atoms with E-state index in [1.165, 1.54) is 0 Å². The van der Waals surface area contributed by atoms with Crippen molar-refractivity contribution in [3.8, 4) is 12.1 Å². The molecule has 4 unspecified atom stereocenters. The molecule has 8 aliphatic rings. The Balaban J connectivity index is 1.33. The average Bonchev–Trinajstić information content (AvgIpc) is 3.78. The van der Waals surface area contributed by atoms with Gasteiger partial charge in [0.1, 0.15) is 0 Å². The van der Waals surface area contributed by atoms with E-state index in [-0.39, 0.29) is 24.2 Å². The van der Waals surface area contributed by atoms with Crippen LogP contribution in [0.2, 0.25) is 0 Å². The van der Waals surface area contributed by atoms with Crippen LogP contribution in [0, 0.1) is 34.8 Å². The standard InChI is InChI=1S/C28H16N6O4.Pt/c29-7-15-1-17-5-18(2-15)22-10-36-27-28-34(14-33(22)27)24(12-38-28)20-4-16(8-30)3-19(6-20)23-11-37-26-25-31(13-32(23)26)21(17)9-35-25;/h1-4,21-24H,9-12H2;/q-2;. The van der Waals surface area contributed by atoms with E-state index in [1.807, 2.05) is 24.3 Å². The van der Waals surface area contributed by atoms with Crippen LogP contribution in [0.3, 0.4) is 0 Å². The predicted octanol–water partition coefficient (Wildman–Crippen LogP) is 1.79. The second-order valence-electron chi connectivity index (χ2n) is 10.4. The van der Waals surface area contributed by atoms with Gasteiger partial charge in [-0.1, -0.05) is 0 Å². The third kappa shape index (κ3) is 2.37. The molecule has 0 aromatic heterocycles. The number of fused-ring (bicyclic) bond motifs is 8. The molecule has 8 heterocycles. The molecule has 4 fully saturated rings. The fraction of sp³-hybridized carbons (Fsp3) is 0.286. The van der Waals surface area contributed by atoms with Crippen molar-refractivity contribution in [1.82, 2.24) is 19.6 Å². The molecule has 11 heteroatoms. The molecule has 6 bridgehead atoms. The second kappa shape index (κ2) is 6.83. The first-order chi connectivity index (χ1) is 19.2. The Morgan fingerprint density at radius 3 is 1.18 bits per heavy atom. The van der Waals surface area contributed by atoms with Gasteiger partial charge in [0, 0.05) is 0 Å². The van der Waals surface area contributed by atoms with Crippen LogP contribution in [0.1, 0.15) is 57.5 Å². The fourth-order valence-electron chi connectivity index (χ4n) is 6.66. The molecule has 194 valence electrons.